The number of amides is 3. The molecule has 2 aromatic carbocycles. The molecule has 3 amide bonds. The number of anilines is 2. The second-order valence-electron chi connectivity index (χ2n) is 11.1. The van der Waals surface area contributed by atoms with Crippen LogP contribution in [0.5, 0.6) is 0 Å². The van der Waals surface area contributed by atoms with Gasteiger partial charge in [-0.25, -0.2) is 18.2 Å². The van der Waals surface area contributed by atoms with Gasteiger partial charge >= 0.3 is 0 Å². The Morgan fingerprint density at radius 3 is 2.63 bits per heavy atom. The van der Waals surface area contributed by atoms with E-state index in [9.17, 15) is 32.8 Å². The molecule has 1 N–H and O–H groups in total. The number of aromatic nitrogens is 1. The topological polar surface area (TPSA) is 106 Å². The number of nitriles is 1. The minimum atomic E-state index is -2.91. The molecule has 43 heavy (non-hydrogen) atoms. The lowest BCUT2D eigenvalue weighted by atomic mass is 9.83. The van der Waals surface area contributed by atoms with Gasteiger partial charge in [0.2, 0.25) is 5.91 Å². The first-order chi connectivity index (χ1) is 20.5. The molecule has 0 bridgehead atoms. The molecule has 1 saturated carbocycles. The van der Waals surface area contributed by atoms with Gasteiger partial charge in [0, 0.05) is 42.2 Å². The number of carbonyl (C=O) groups is 3. The summed E-state index contributed by atoms with van der Waals surface area (Å²) >= 11 is 6.39. The average Bonchev–Trinajstić information content (AvgIpc) is 3.53. The Labute approximate surface area is 250 Å². The molecule has 0 spiro atoms. The molecule has 2 fully saturated rings. The molecule has 1 aliphatic heterocycles. The fourth-order valence-electron chi connectivity index (χ4n) is 6.36. The number of nitrogens with one attached hydrogen (secondary N) is 1. The van der Waals surface area contributed by atoms with Crippen LogP contribution in [0.1, 0.15) is 48.8 Å². The Morgan fingerprint density at radius 1 is 1.12 bits per heavy atom. The number of carbonyl (C=O) groups excluding carboxylic acids is 3. The maximum absolute atomic E-state index is 14.8. The van der Waals surface area contributed by atoms with Gasteiger partial charge in [-0.2, -0.15) is 5.26 Å². The average molecular weight is 608 g/mol. The van der Waals surface area contributed by atoms with Crippen LogP contribution in [0.15, 0.2) is 60.8 Å². The number of rotatable bonds is 6. The lowest BCUT2D eigenvalue weighted by Gasteiger charge is -2.45. The standard InChI is InChI=1S/C31H25ClF3N5O3/c32-20-5-4-19-8-10-31(24(19)13-20,29(43)38-22-15-30(34,35)16-22)40(23-3-1-2-21(33)14-23)28(42)25-6-7-27(41)39(25)26-12-18(17-36)9-11-37-26/h1-5,9,11-14,22,25H,6-8,10,15-16H2,(H,38,43)/t25-,31-/m0/s1. The molecule has 2 heterocycles. The van der Waals surface area contributed by atoms with Crippen molar-refractivity contribution in [3.8, 4) is 6.07 Å². The second-order valence-corrected chi connectivity index (χ2v) is 11.5. The number of hydrogen-bond acceptors (Lipinski definition) is 5. The van der Waals surface area contributed by atoms with Gasteiger partial charge in [-0.05, 0) is 72.9 Å². The summed E-state index contributed by atoms with van der Waals surface area (Å²) in [5.41, 5.74) is -0.415. The molecular weight excluding hydrogens is 583 g/mol. The van der Waals surface area contributed by atoms with E-state index in [0.29, 0.717) is 12.0 Å². The van der Waals surface area contributed by atoms with Gasteiger partial charge in [0.15, 0.2) is 5.54 Å². The maximum atomic E-state index is 14.8. The monoisotopic (exact) mass is 607 g/mol. The summed E-state index contributed by atoms with van der Waals surface area (Å²) in [6, 6.07) is 13.0. The number of halogens is 4. The minimum Gasteiger partial charge on any atom is -0.351 e. The van der Waals surface area contributed by atoms with Gasteiger partial charge in [-0.15, -0.1) is 0 Å². The van der Waals surface area contributed by atoms with E-state index in [1.54, 1.807) is 18.2 Å². The van der Waals surface area contributed by atoms with Crippen LogP contribution >= 0.6 is 11.6 Å². The molecule has 2 aliphatic carbocycles. The SMILES string of the molecule is N#Cc1ccnc(N2C(=O)CC[C@H]2C(=O)N(c2cccc(F)c2)[C@@]2(C(=O)NC3CC(F)(F)C3)CCc3ccc(Cl)cc32)c1. The largest absolute Gasteiger partial charge is 0.351 e. The van der Waals surface area contributed by atoms with Crippen LogP contribution in [0.25, 0.3) is 0 Å². The Balaban J connectivity index is 1.51. The molecule has 8 nitrogen and oxygen atoms in total. The van der Waals surface area contributed by atoms with Gasteiger partial charge in [0.25, 0.3) is 17.7 Å². The summed E-state index contributed by atoms with van der Waals surface area (Å²) in [6.07, 6.45) is 0.723. The van der Waals surface area contributed by atoms with Crippen molar-refractivity contribution in [1.29, 1.82) is 5.26 Å². The fourth-order valence-corrected chi connectivity index (χ4v) is 6.54. The number of fused-ring (bicyclic) bond motifs is 1. The Morgan fingerprint density at radius 2 is 1.91 bits per heavy atom. The lowest BCUT2D eigenvalue weighted by Crippen LogP contribution is -2.64. The Kier molecular flexibility index (Phi) is 7.13. The number of aryl methyl sites for hydroxylation is 1. The van der Waals surface area contributed by atoms with Crippen LogP contribution in [0.4, 0.5) is 24.7 Å². The number of hydrogen-bond donors (Lipinski definition) is 1. The van der Waals surface area contributed by atoms with Crippen LogP contribution < -0.4 is 15.1 Å². The smallest absolute Gasteiger partial charge is 0.252 e. The summed E-state index contributed by atoms with van der Waals surface area (Å²) in [7, 11) is 0. The summed E-state index contributed by atoms with van der Waals surface area (Å²) < 4.78 is 42.3. The van der Waals surface area contributed by atoms with Crippen molar-refractivity contribution < 1.29 is 27.6 Å². The highest BCUT2D eigenvalue weighted by Crippen LogP contribution is 2.47. The van der Waals surface area contributed by atoms with Crippen molar-refractivity contribution in [2.45, 2.75) is 62.1 Å². The first-order valence-corrected chi connectivity index (χ1v) is 14.2. The summed E-state index contributed by atoms with van der Waals surface area (Å²) in [5.74, 6) is -5.30. The molecule has 6 rings (SSSR count). The number of benzene rings is 2. The predicted octanol–water partition coefficient (Wildman–Crippen LogP) is 5.03. The third-order valence-electron chi connectivity index (χ3n) is 8.36. The summed E-state index contributed by atoms with van der Waals surface area (Å²) in [5, 5.41) is 12.4. The highest BCUT2D eigenvalue weighted by molar-refractivity contribution is 6.30. The van der Waals surface area contributed by atoms with Crippen molar-refractivity contribution >= 4 is 40.8 Å². The van der Waals surface area contributed by atoms with Crippen molar-refractivity contribution in [3.63, 3.8) is 0 Å². The van der Waals surface area contributed by atoms with E-state index in [1.165, 1.54) is 46.3 Å². The molecule has 1 aromatic heterocycles. The number of pyridine rings is 1. The highest BCUT2D eigenvalue weighted by Gasteiger charge is 2.57. The van der Waals surface area contributed by atoms with E-state index in [4.69, 9.17) is 11.6 Å². The third kappa shape index (κ3) is 4.99. The normalized spacial score (nSPS) is 22.4. The molecule has 0 unspecified atom stereocenters. The van der Waals surface area contributed by atoms with Crippen LogP contribution in [-0.2, 0) is 26.3 Å². The van der Waals surface area contributed by atoms with E-state index >= 15 is 0 Å². The van der Waals surface area contributed by atoms with Crippen molar-refractivity contribution in [2.75, 3.05) is 9.80 Å². The zero-order valence-corrected chi connectivity index (χ0v) is 23.5. The maximum Gasteiger partial charge on any atom is 0.252 e. The number of nitrogens with zero attached hydrogens (tertiary/aromatic N) is 4. The van der Waals surface area contributed by atoms with Gasteiger partial charge in [-0.3, -0.25) is 24.2 Å². The van der Waals surface area contributed by atoms with Gasteiger partial charge < -0.3 is 5.32 Å². The molecule has 2 atom stereocenters. The fraction of sp³-hybridized carbons (Fsp3) is 0.323. The van der Waals surface area contributed by atoms with Gasteiger partial charge in [0.05, 0.1) is 11.6 Å². The first-order valence-electron chi connectivity index (χ1n) is 13.8. The highest BCUT2D eigenvalue weighted by atomic mass is 35.5. The molecule has 220 valence electrons. The predicted molar refractivity (Wildman–Crippen MR) is 151 cm³/mol. The Hall–Kier alpha value is -4.43. The lowest BCUT2D eigenvalue weighted by molar-refractivity contribution is -0.137. The molecule has 3 aromatic rings. The molecule has 1 saturated heterocycles. The zero-order chi connectivity index (χ0) is 30.5. The van der Waals surface area contributed by atoms with Crippen LogP contribution in [0.3, 0.4) is 0 Å². The van der Waals surface area contributed by atoms with Crippen molar-refractivity contribution in [3.05, 3.63) is 88.3 Å². The molecule has 3 aliphatic rings. The minimum absolute atomic E-state index is 0.00930. The quantitative estimate of drug-likeness (QED) is 0.423. The van der Waals surface area contributed by atoms with E-state index in [-0.39, 0.29) is 41.4 Å². The molecular formula is C31H25ClF3N5O3. The van der Waals surface area contributed by atoms with E-state index in [2.05, 4.69) is 10.3 Å². The summed E-state index contributed by atoms with van der Waals surface area (Å²) in [6.45, 7) is 0. The zero-order valence-electron chi connectivity index (χ0n) is 22.7. The van der Waals surface area contributed by atoms with Crippen molar-refractivity contribution in [1.82, 2.24) is 10.3 Å². The van der Waals surface area contributed by atoms with Gasteiger partial charge in [-0.1, -0.05) is 23.7 Å². The molecule has 12 heteroatoms. The second kappa shape index (κ2) is 10.7. The van der Waals surface area contributed by atoms with Gasteiger partial charge in [0.1, 0.15) is 17.7 Å². The van der Waals surface area contributed by atoms with Crippen LogP contribution in [-0.4, -0.2) is 40.7 Å². The van der Waals surface area contributed by atoms with E-state index in [1.807, 2.05) is 6.07 Å². The third-order valence-corrected chi connectivity index (χ3v) is 8.60. The molecule has 0 radical (unpaired) electrons. The van der Waals surface area contributed by atoms with Crippen LogP contribution in [0.2, 0.25) is 5.02 Å². The Bertz CT molecular complexity index is 1690. The first kappa shape index (κ1) is 28.7. The van der Waals surface area contributed by atoms with Crippen molar-refractivity contribution in [2.24, 2.45) is 0 Å². The van der Waals surface area contributed by atoms with Crippen LogP contribution in [0, 0.1) is 17.1 Å². The number of alkyl halides is 2. The summed E-state index contributed by atoms with van der Waals surface area (Å²) in [4.78, 5) is 48.9. The van der Waals surface area contributed by atoms with E-state index in [0.717, 1.165) is 11.6 Å². The van der Waals surface area contributed by atoms with E-state index < -0.39 is 59.9 Å².